The van der Waals surface area contributed by atoms with Crippen LogP contribution in [0.15, 0.2) is 47.3 Å². The Morgan fingerprint density at radius 3 is 2.16 bits per heavy atom. The van der Waals surface area contributed by atoms with Gasteiger partial charge >= 0.3 is 18.0 Å². The van der Waals surface area contributed by atoms with Gasteiger partial charge in [0.15, 0.2) is 0 Å². The molecular formula is C24H23F7N4O2. The average Bonchev–Trinajstić information content (AvgIpc) is 3.23. The summed E-state index contributed by atoms with van der Waals surface area (Å²) < 4.78 is 98.9. The van der Waals surface area contributed by atoms with Gasteiger partial charge < -0.3 is 4.74 Å². The summed E-state index contributed by atoms with van der Waals surface area (Å²) in [5, 5.41) is 6.16. The lowest BCUT2D eigenvalue weighted by atomic mass is 9.73. The largest absolute Gasteiger partial charge is 0.416 e. The van der Waals surface area contributed by atoms with Gasteiger partial charge in [-0.25, -0.2) is 14.3 Å². The first-order valence-corrected chi connectivity index (χ1v) is 11.3. The van der Waals surface area contributed by atoms with E-state index in [9.17, 15) is 35.5 Å². The molecule has 200 valence electrons. The van der Waals surface area contributed by atoms with E-state index in [0.29, 0.717) is 56.0 Å². The molecule has 13 heteroatoms. The second kappa shape index (κ2) is 10.3. The van der Waals surface area contributed by atoms with Gasteiger partial charge in [0.25, 0.3) is 0 Å². The minimum atomic E-state index is -4.95. The molecule has 0 bridgehead atoms. The fourth-order valence-corrected chi connectivity index (χ4v) is 4.53. The highest BCUT2D eigenvalue weighted by atomic mass is 19.4. The summed E-state index contributed by atoms with van der Waals surface area (Å²) >= 11 is 0. The molecule has 0 unspecified atom stereocenters. The average molecular weight is 532 g/mol. The number of aromatic amines is 2. The third-order valence-corrected chi connectivity index (χ3v) is 6.47. The summed E-state index contributed by atoms with van der Waals surface area (Å²) in [6.07, 6.45) is -8.96. The van der Waals surface area contributed by atoms with Crippen LogP contribution in [0.3, 0.4) is 0 Å². The number of aromatic nitrogens is 3. The summed E-state index contributed by atoms with van der Waals surface area (Å²) in [6.45, 7) is 0.861. The molecule has 4 rings (SSSR count). The first-order valence-electron chi connectivity index (χ1n) is 11.3. The van der Waals surface area contributed by atoms with E-state index in [0.717, 1.165) is 0 Å². The van der Waals surface area contributed by atoms with Gasteiger partial charge in [0.05, 0.1) is 30.9 Å². The van der Waals surface area contributed by atoms with Crippen molar-refractivity contribution in [2.75, 3.05) is 19.7 Å². The topological polar surface area (TPSA) is 74.0 Å². The van der Waals surface area contributed by atoms with Crippen LogP contribution in [-0.2, 0) is 35.7 Å². The lowest BCUT2D eigenvalue weighted by Gasteiger charge is -2.42. The standard InChI is InChI=1S/C24H23F7N4O2/c25-19-3-1-2-16(11-19)22(4-6-35(7-5-22)12-20-32-21(36)34-33-20)14-37-13-15-8-17(23(26,27)28)10-18(9-15)24(29,30)31/h1-3,8-11H,4-7,12-14H2,(H2,32,33,34,36). The van der Waals surface area contributed by atoms with Gasteiger partial charge in [0, 0.05) is 5.41 Å². The minimum absolute atomic E-state index is 0.0405. The van der Waals surface area contributed by atoms with Crippen LogP contribution in [0.1, 0.15) is 40.9 Å². The van der Waals surface area contributed by atoms with Gasteiger partial charge in [0.2, 0.25) is 0 Å². The molecule has 0 radical (unpaired) electrons. The molecule has 0 saturated carbocycles. The van der Waals surface area contributed by atoms with Crippen molar-refractivity contribution in [2.45, 2.75) is 43.8 Å². The fraction of sp³-hybridized carbons (Fsp3) is 0.417. The molecule has 0 amide bonds. The Kier molecular flexibility index (Phi) is 7.47. The molecule has 1 aromatic heterocycles. The van der Waals surface area contributed by atoms with Crippen LogP contribution in [-0.4, -0.2) is 39.8 Å². The maximum Gasteiger partial charge on any atom is 0.416 e. The summed E-state index contributed by atoms with van der Waals surface area (Å²) in [4.78, 5) is 15.9. The molecule has 2 aromatic carbocycles. The van der Waals surface area contributed by atoms with E-state index in [4.69, 9.17) is 4.74 Å². The predicted octanol–water partition coefficient (Wildman–Crippen LogP) is 5.03. The summed E-state index contributed by atoms with van der Waals surface area (Å²) in [5.74, 6) is -0.0226. The Morgan fingerprint density at radius 1 is 0.973 bits per heavy atom. The Morgan fingerprint density at radius 2 is 1.62 bits per heavy atom. The highest BCUT2D eigenvalue weighted by Crippen LogP contribution is 2.38. The van der Waals surface area contributed by atoms with Crippen molar-refractivity contribution >= 4 is 0 Å². The maximum absolute atomic E-state index is 14.0. The predicted molar refractivity (Wildman–Crippen MR) is 118 cm³/mol. The number of nitrogens with zero attached hydrogens (tertiary/aromatic N) is 2. The molecule has 1 aliphatic heterocycles. The lowest BCUT2D eigenvalue weighted by molar-refractivity contribution is -0.143. The van der Waals surface area contributed by atoms with Gasteiger partial charge in [-0.3, -0.25) is 9.88 Å². The Bertz CT molecular complexity index is 1240. The SMILES string of the molecule is O=c1[nH]nc(CN2CCC(COCc3cc(C(F)(F)F)cc(C(F)(F)F)c3)(c3cccc(F)c3)CC2)[nH]1. The molecule has 2 N–H and O–H groups in total. The van der Waals surface area contributed by atoms with Crippen molar-refractivity contribution in [3.05, 3.63) is 86.8 Å². The molecular weight excluding hydrogens is 509 g/mol. The minimum Gasteiger partial charge on any atom is -0.376 e. The maximum atomic E-state index is 14.0. The molecule has 6 nitrogen and oxygen atoms in total. The zero-order valence-electron chi connectivity index (χ0n) is 19.3. The van der Waals surface area contributed by atoms with Crippen molar-refractivity contribution in [3.63, 3.8) is 0 Å². The molecule has 0 aliphatic carbocycles. The van der Waals surface area contributed by atoms with Crippen LogP contribution in [0, 0.1) is 5.82 Å². The molecule has 0 atom stereocenters. The van der Waals surface area contributed by atoms with Crippen LogP contribution < -0.4 is 5.69 Å². The monoisotopic (exact) mass is 532 g/mol. The van der Waals surface area contributed by atoms with Gasteiger partial charge in [-0.15, -0.1) is 0 Å². The van der Waals surface area contributed by atoms with Gasteiger partial charge in [-0.2, -0.15) is 31.4 Å². The number of alkyl halides is 6. The third-order valence-electron chi connectivity index (χ3n) is 6.47. The van der Waals surface area contributed by atoms with Crippen molar-refractivity contribution in [2.24, 2.45) is 0 Å². The van der Waals surface area contributed by atoms with E-state index in [1.54, 1.807) is 6.07 Å². The molecule has 1 saturated heterocycles. The number of hydrogen-bond acceptors (Lipinski definition) is 4. The molecule has 37 heavy (non-hydrogen) atoms. The zero-order chi connectivity index (χ0) is 26.8. The van der Waals surface area contributed by atoms with E-state index in [1.165, 1.54) is 18.2 Å². The van der Waals surface area contributed by atoms with Gasteiger partial charge in [-0.1, -0.05) is 12.1 Å². The second-order valence-corrected chi connectivity index (χ2v) is 9.10. The first-order chi connectivity index (χ1) is 17.3. The zero-order valence-corrected chi connectivity index (χ0v) is 19.3. The number of likely N-dealkylation sites (tertiary alicyclic amines) is 1. The number of H-pyrrole nitrogens is 2. The van der Waals surface area contributed by atoms with Crippen molar-refractivity contribution < 1.29 is 35.5 Å². The number of ether oxygens (including phenoxy) is 1. The number of hydrogen-bond donors (Lipinski definition) is 2. The molecule has 1 fully saturated rings. The smallest absolute Gasteiger partial charge is 0.376 e. The van der Waals surface area contributed by atoms with Crippen LogP contribution in [0.25, 0.3) is 0 Å². The highest BCUT2D eigenvalue weighted by Gasteiger charge is 2.39. The Hall–Kier alpha value is -3.19. The Labute approximate surface area is 206 Å². The van der Waals surface area contributed by atoms with E-state index in [1.807, 2.05) is 4.90 Å². The lowest BCUT2D eigenvalue weighted by Crippen LogP contribution is -2.45. The van der Waals surface area contributed by atoms with Gasteiger partial charge in [0.1, 0.15) is 11.6 Å². The molecule has 1 aliphatic rings. The summed E-state index contributed by atoms with van der Waals surface area (Å²) in [6, 6.07) is 7.24. The fourth-order valence-electron chi connectivity index (χ4n) is 4.53. The number of benzene rings is 2. The van der Waals surface area contributed by atoms with Crippen LogP contribution in [0.5, 0.6) is 0 Å². The number of rotatable bonds is 7. The normalized spacial score (nSPS) is 16.7. The number of halogens is 7. The highest BCUT2D eigenvalue weighted by molar-refractivity contribution is 5.33. The summed E-state index contributed by atoms with van der Waals surface area (Å²) in [5.41, 5.74) is -3.61. The van der Waals surface area contributed by atoms with E-state index in [2.05, 4.69) is 15.2 Å². The molecule has 2 heterocycles. The van der Waals surface area contributed by atoms with Crippen molar-refractivity contribution in [3.8, 4) is 0 Å². The third kappa shape index (κ3) is 6.58. The molecule has 0 spiro atoms. The number of piperidine rings is 1. The second-order valence-electron chi connectivity index (χ2n) is 9.10. The molecule has 3 aromatic rings. The van der Waals surface area contributed by atoms with E-state index in [-0.39, 0.29) is 18.2 Å². The van der Waals surface area contributed by atoms with Crippen LogP contribution >= 0.6 is 0 Å². The van der Waals surface area contributed by atoms with Gasteiger partial charge in [-0.05, 0) is 67.4 Å². The van der Waals surface area contributed by atoms with E-state index < -0.39 is 47.0 Å². The van der Waals surface area contributed by atoms with Crippen molar-refractivity contribution in [1.29, 1.82) is 0 Å². The quantitative estimate of drug-likeness (QED) is 0.419. The Balaban J connectivity index is 1.51. The van der Waals surface area contributed by atoms with Crippen LogP contribution in [0.4, 0.5) is 30.7 Å². The van der Waals surface area contributed by atoms with E-state index >= 15 is 0 Å². The number of nitrogens with one attached hydrogen (secondary N) is 2. The summed E-state index contributed by atoms with van der Waals surface area (Å²) in [7, 11) is 0. The van der Waals surface area contributed by atoms with Crippen LogP contribution in [0.2, 0.25) is 0 Å². The van der Waals surface area contributed by atoms with Crippen molar-refractivity contribution in [1.82, 2.24) is 20.1 Å². The first kappa shape index (κ1) is 26.9.